The lowest BCUT2D eigenvalue weighted by Gasteiger charge is -2.40. The van der Waals surface area contributed by atoms with Crippen LogP contribution in [0.15, 0.2) is 164 Å². The minimum absolute atomic E-state index is 0.101. The van der Waals surface area contributed by atoms with E-state index in [0.29, 0.717) is 0 Å². The lowest BCUT2D eigenvalue weighted by atomic mass is 9.73. The predicted molar refractivity (Wildman–Crippen MR) is 245 cm³/mol. The molecule has 0 amide bonds. The van der Waals surface area contributed by atoms with Crippen molar-refractivity contribution in [2.24, 2.45) is 5.92 Å². The summed E-state index contributed by atoms with van der Waals surface area (Å²) >= 11 is 0. The number of hydrogen-bond donors (Lipinski definition) is 0. The number of anilines is 5. The first-order valence-electron chi connectivity index (χ1n) is 20.8. The third kappa shape index (κ3) is 6.10. The summed E-state index contributed by atoms with van der Waals surface area (Å²) < 4.78 is 0. The van der Waals surface area contributed by atoms with Gasteiger partial charge in [0, 0.05) is 45.0 Å². The average Bonchev–Trinajstić information content (AvgIpc) is 4.10. The van der Waals surface area contributed by atoms with Crippen molar-refractivity contribution in [1.29, 1.82) is 0 Å². The molecule has 0 N–H and O–H groups in total. The number of allylic oxidation sites excluding steroid dienone is 4. The molecule has 4 aliphatic carbocycles. The van der Waals surface area contributed by atoms with Crippen LogP contribution >= 0.6 is 0 Å². The van der Waals surface area contributed by atoms with Gasteiger partial charge < -0.3 is 9.80 Å². The van der Waals surface area contributed by atoms with Gasteiger partial charge in [-0.3, -0.25) is 0 Å². The predicted octanol–water partition coefficient (Wildman–Crippen LogP) is 15.1. The number of benzene rings is 6. The standard InChI is InChI=1S/C55H50N2/c1-5-38-24-30-44(31-25-38)57(53-23-12-17-41-14-7-6-8-18-47(41)53)51-21-13-20-49-48-35-34-45(36-50(48)55(3,4)54(49)37(51)2)56(43-32-28-40(29-33-43)39-26-27-39)52-22-11-16-42-15-9-10-19-46(42)52/h5,7-19,21-25,28-37,39,51H,1,6,20,26-27H2,2-4H3. The minimum atomic E-state index is -0.181. The van der Waals surface area contributed by atoms with Crippen molar-refractivity contribution in [3.05, 3.63) is 197 Å². The second-order valence-corrected chi connectivity index (χ2v) is 16.8. The van der Waals surface area contributed by atoms with E-state index in [2.05, 4.69) is 201 Å². The van der Waals surface area contributed by atoms with Crippen LogP contribution in [0.25, 0.3) is 34.6 Å². The molecule has 0 radical (unpaired) electrons. The lowest BCUT2D eigenvalue weighted by molar-refractivity contribution is 0.493. The van der Waals surface area contributed by atoms with Crippen LogP contribution in [0, 0.1) is 5.92 Å². The zero-order chi connectivity index (χ0) is 38.7. The Labute approximate surface area is 338 Å². The Morgan fingerprint density at radius 2 is 1.42 bits per heavy atom. The van der Waals surface area contributed by atoms with E-state index in [-0.39, 0.29) is 17.4 Å². The highest BCUT2D eigenvalue weighted by molar-refractivity contribution is 5.99. The monoisotopic (exact) mass is 738 g/mol. The molecule has 0 spiro atoms. The van der Waals surface area contributed by atoms with E-state index in [1.807, 2.05) is 6.08 Å². The van der Waals surface area contributed by atoms with Gasteiger partial charge in [0.1, 0.15) is 0 Å². The third-order valence-electron chi connectivity index (χ3n) is 13.0. The van der Waals surface area contributed by atoms with Crippen LogP contribution in [-0.2, 0) is 5.41 Å². The Balaban J connectivity index is 1.08. The van der Waals surface area contributed by atoms with E-state index in [9.17, 15) is 0 Å². The van der Waals surface area contributed by atoms with Gasteiger partial charge in [0.05, 0.1) is 11.7 Å². The van der Waals surface area contributed by atoms with Crippen molar-refractivity contribution < 1.29 is 0 Å². The summed E-state index contributed by atoms with van der Waals surface area (Å²) in [7, 11) is 0. The third-order valence-corrected chi connectivity index (χ3v) is 13.0. The molecule has 10 rings (SSSR count). The molecule has 2 unspecified atom stereocenters. The van der Waals surface area contributed by atoms with Gasteiger partial charge in [0.15, 0.2) is 0 Å². The van der Waals surface area contributed by atoms with E-state index in [1.54, 1.807) is 5.57 Å². The fourth-order valence-corrected chi connectivity index (χ4v) is 10.1. The first-order valence-corrected chi connectivity index (χ1v) is 20.8. The molecule has 0 bridgehead atoms. The molecule has 1 fully saturated rings. The molecule has 6 aromatic rings. The summed E-state index contributed by atoms with van der Waals surface area (Å²) in [5, 5.41) is 2.51. The van der Waals surface area contributed by atoms with Crippen LogP contribution in [0.2, 0.25) is 0 Å². The van der Waals surface area contributed by atoms with Gasteiger partial charge >= 0.3 is 0 Å². The van der Waals surface area contributed by atoms with Crippen LogP contribution in [0.3, 0.4) is 0 Å². The van der Waals surface area contributed by atoms with E-state index in [1.165, 1.54) is 85.4 Å². The largest absolute Gasteiger partial charge is 0.333 e. The summed E-state index contributed by atoms with van der Waals surface area (Å²) in [6.07, 6.45) is 20.5. The summed E-state index contributed by atoms with van der Waals surface area (Å²) in [5.41, 5.74) is 16.8. The first kappa shape index (κ1) is 35.3. The van der Waals surface area contributed by atoms with Gasteiger partial charge in [0.25, 0.3) is 0 Å². The summed E-state index contributed by atoms with van der Waals surface area (Å²) in [4.78, 5) is 5.09. The highest BCUT2D eigenvalue weighted by atomic mass is 15.2. The maximum Gasteiger partial charge on any atom is 0.0585 e. The molecule has 0 heterocycles. The number of rotatable bonds is 8. The Morgan fingerprint density at radius 1 is 0.702 bits per heavy atom. The molecule has 2 atom stereocenters. The Kier molecular flexibility index (Phi) is 8.74. The minimum Gasteiger partial charge on any atom is -0.333 e. The van der Waals surface area contributed by atoms with Crippen molar-refractivity contribution >= 4 is 63.0 Å². The van der Waals surface area contributed by atoms with E-state index in [4.69, 9.17) is 0 Å². The molecule has 2 heteroatoms. The second-order valence-electron chi connectivity index (χ2n) is 16.8. The molecule has 4 aliphatic rings. The van der Waals surface area contributed by atoms with E-state index < -0.39 is 0 Å². The van der Waals surface area contributed by atoms with Crippen molar-refractivity contribution in [2.75, 3.05) is 9.80 Å². The average molecular weight is 739 g/mol. The quantitative estimate of drug-likeness (QED) is 0.144. The van der Waals surface area contributed by atoms with Gasteiger partial charge in [-0.05, 0) is 119 Å². The van der Waals surface area contributed by atoms with Crippen LogP contribution < -0.4 is 9.80 Å². The molecular formula is C55H50N2. The lowest BCUT2D eigenvalue weighted by Crippen LogP contribution is -2.39. The molecular weight excluding hydrogens is 689 g/mol. The SMILES string of the molecule is C=Cc1ccc(N(c2cccc3c2C=CCC=C3)C2C=CCC3=C(C2C)C(C)(C)c2cc(N(c4ccc(C5CC5)cc4)c4cccc5ccccc45)ccc23)cc1. The summed E-state index contributed by atoms with van der Waals surface area (Å²) in [6.45, 7) is 11.4. The second kappa shape index (κ2) is 14.1. The molecule has 57 heavy (non-hydrogen) atoms. The van der Waals surface area contributed by atoms with E-state index in [0.717, 1.165) is 24.3 Å². The van der Waals surface area contributed by atoms with E-state index >= 15 is 0 Å². The van der Waals surface area contributed by atoms with Crippen LogP contribution in [-0.4, -0.2) is 6.04 Å². The maximum absolute atomic E-state index is 4.04. The van der Waals surface area contributed by atoms with Crippen LogP contribution in [0.5, 0.6) is 0 Å². The topological polar surface area (TPSA) is 6.48 Å². The Morgan fingerprint density at radius 3 is 2.23 bits per heavy atom. The highest BCUT2D eigenvalue weighted by Crippen LogP contribution is 2.55. The molecule has 0 aromatic heterocycles. The van der Waals surface area contributed by atoms with Gasteiger partial charge in [-0.1, -0.05) is 154 Å². The normalized spacial score (nSPS) is 19.1. The summed E-state index contributed by atoms with van der Waals surface area (Å²) in [6, 6.07) is 48.0. The zero-order valence-electron chi connectivity index (χ0n) is 33.3. The van der Waals surface area contributed by atoms with Gasteiger partial charge in [-0.15, -0.1) is 0 Å². The zero-order valence-corrected chi connectivity index (χ0v) is 33.3. The van der Waals surface area contributed by atoms with Crippen molar-refractivity contribution in [1.82, 2.24) is 0 Å². The summed E-state index contributed by atoms with van der Waals surface area (Å²) in [5.74, 6) is 0.953. The molecule has 2 nitrogen and oxygen atoms in total. The number of fused-ring (bicyclic) bond motifs is 4. The smallest absolute Gasteiger partial charge is 0.0585 e. The van der Waals surface area contributed by atoms with Crippen LogP contribution in [0.1, 0.15) is 85.8 Å². The fourth-order valence-electron chi connectivity index (χ4n) is 10.1. The Bertz CT molecular complexity index is 2640. The molecule has 0 aliphatic heterocycles. The van der Waals surface area contributed by atoms with Crippen LogP contribution in [0.4, 0.5) is 28.4 Å². The van der Waals surface area contributed by atoms with Crippen molar-refractivity contribution in [2.45, 2.75) is 63.8 Å². The fraction of sp³-hybridized carbons (Fsp3) is 0.200. The Hall–Kier alpha value is -6.12. The van der Waals surface area contributed by atoms with Gasteiger partial charge in [-0.2, -0.15) is 0 Å². The first-order chi connectivity index (χ1) is 27.9. The van der Waals surface area contributed by atoms with Crippen molar-refractivity contribution in [3.63, 3.8) is 0 Å². The van der Waals surface area contributed by atoms with Crippen molar-refractivity contribution in [3.8, 4) is 0 Å². The van der Waals surface area contributed by atoms with Gasteiger partial charge in [0.2, 0.25) is 0 Å². The molecule has 280 valence electrons. The maximum atomic E-state index is 4.04. The highest BCUT2D eigenvalue weighted by Gasteiger charge is 2.44. The number of hydrogen-bond acceptors (Lipinski definition) is 2. The molecule has 0 saturated heterocycles. The molecule has 6 aromatic carbocycles. The molecule has 1 saturated carbocycles. The number of nitrogens with zero attached hydrogens (tertiary/aromatic N) is 2. The van der Waals surface area contributed by atoms with Gasteiger partial charge in [-0.25, -0.2) is 0 Å².